The van der Waals surface area contributed by atoms with Crippen molar-refractivity contribution in [3.8, 4) is 0 Å². The molecule has 0 aliphatic carbocycles. The third-order valence-corrected chi connectivity index (χ3v) is 3.62. The van der Waals surface area contributed by atoms with E-state index < -0.39 is 0 Å². The van der Waals surface area contributed by atoms with Crippen molar-refractivity contribution in [3.05, 3.63) is 0 Å². The summed E-state index contributed by atoms with van der Waals surface area (Å²) in [6.45, 7) is 7.02. The number of alkyl halides is 1. The molecule has 0 spiro atoms. The van der Waals surface area contributed by atoms with E-state index in [2.05, 4.69) is 43.4 Å². The van der Waals surface area contributed by atoms with E-state index >= 15 is 0 Å². The van der Waals surface area contributed by atoms with Crippen molar-refractivity contribution in [3.63, 3.8) is 0 Å². The van der Waals surface area contributed by atoms with Crippen molar-refractivity contribution >= 4 is 22.6 Å². The maximum atomic E-state index is 2.48. The molecule has 0 heterocycles. The highest BCUT2D eigenvalue weighted by Gasteiger charge is 2.06. The van der Waals surface area contributed by atoms with Crippen molar-refractivity contribution in [2.24, 2.45) is 11.8 Å². The SMILES string of the molecule is CCCC[C@H](C)C[C@H](C)CI. The third kappa shape index (κ3) is 7.10. The van der Waals surface area contributed by atoms with E-state index in [0.29, 0.717) is 0 Å². The molecule has 0 radical (unpaired) electrons. The number of rotatable bonds is 6. The minimum Gasteiger partial charge on any atom is -0.0861 e. The summed E-state index contributed by atoms with van der Waals surface area (Å²) in [6, 6.07) is 0. The van der Waals surface area contributed by atoms with E-state index in [4.69, 9.17) is 0 Å². The molecule has 0 aromatic heterocycles. The van der Waals surface area contributed by atoms with E-state index in [0.717, 1.165) is 11.8 Å². The van der Waals surface area contributed by atoms with Gasteiger partial charge in [-0.1, -0.05) is 62.6 Å². The van der Waals surface area contributed by atoms with Crippen molar-refractivity contribution in [2.75, 3.05) is 4.43 Å². The van der Waals surface area contributed by atoms with Crippen LogP contribution in [-0.4, -0.2) is 4.43 Å². The highest BCUT2D eigenvalue weighted by atomic mass is 127. The lowest BCUT2D eigenvalue weighted by molar-refractivity contribution is 0.410. The van der Waals surface area contributed by atoms with E-state index in [1.165, 1.54) is 30.1 Å². The van der Waals surface area contributed by atoms with Gasteiger partial charge in [0.2, 0.25) is 0 Å². The van der Waals surface area contributed by atoms with Gasteiger partial charge in [0.15, 0.2) is 0 Å². The molecular formula is C10H21I. The molecule has 2 atom stereocenters. The molecule has 0 nitrogen and oxygen atoms in total. The Morgan fingerprint density at radius 1 is 1.18 bits per heavy atom. The predicted molar refractivity (Wildman–Crippen MR) is 61.4 cm³/mol. The number of unbranched alkanes of at least 4 members (excludes halogenated alkanes) is 1. The Balaban J connectivity index is 3.27. The van der Waals surface area contributed by atoms with Gasteiger partial charge in [-0.05, 0) is 18.3 Å². The molecule has 11 heavy (non-hydrogen) atoms. The molecule has 0 aromatic carbocycles. The normalized spacial score (nSPS) is 16.4. The van der Waals surface area contributed by atoms with E-state index in [1.807, 2.05) is 0 Å². The third-order valence-electron chi connectivity index (χ3n) is 2.12. The fourth-order valence-electron chi connectivity index (χ4n) is 1.42. The predicted octanol–water partition coefficient (Wildman–Crippen LogP) is 4.27. The molecule has 0 aromatic rings. The van der Waals surface area contributed by atoms with Gasteiger partial charge in [-0.25, -0.2) is 0 Å². The lowest BCUT2D eigenvalue weighted by Crippen LogP contribution is -2.03. The standard InChI is InChI=1S/C10H21I/c1-4-5-6-9(2)7-10(3)8-11/h9-10H,4-8H2,1-3H3/t9-,10-/m0/s1. The fraction of sp³-hybridized carbons (Fsp3) is 1.00. The molecule has 0 unspecified atom stereocenters. The Morgan fingerprint density at radius 2 is 1.82 bits per heavy atom. The molecule has 0 saturated carbocycles. The second-order valence-electron chi connectivity index (χ2n) is 3.74. The van der Waals surface area contributed by atoms with Crippen LogP contribution in [0.3, 0.4) is 0 Å². The lowest BCUT2D eigenvalue weighted by atomic mass is 9.94. The lowest BCUT2D eigenvalue weighted by Gasteiger charge is -2.14. The van der Waals surface area contributed by atoms with Crippen molar-refractivity contribution < 1.29 is 0 Å². The van der Waals surface area contributed by atoms with Crippen LogP contribution in [0, 0.1) is 11.8 Å². The van der Waals surface area contributed by atoms with Gasteiger partial charge in [0.25, 0.3) is 0 Å². The summed E-state index contributed by atoms with van der Waals surface area (Å²) >= 11 is 2.48. The Bertz CT molecular complexity index is 80.9. The monoisotopic (exact) mass is 268 g/mol. The maximum absolute atomic E-state index is 2.48. The average Bonchev–Trinajstić information content (AvgIpc) is 2.00. The molecule has 0 rings (SSSR count). The molecule has 0 fully saturated rings. The van der Waals surface area contributed by atoms with Crippen LogP contribution in [0.5, 0.6) is 0 Å². The molecule has 0 amide bonds. The van der Waals surface area contributed by atoms with Crippen LogP contribution in [0.2, 0.25) is 0 Å². The van der Waals surface area contributed by atoms with Gasteiger partial charge in [0.1, 0.15) is 0 Å². The molecule has 0 aliphatic rings. The Labute approximate surface area is 85.3 Å². The Kier molecular flexibility index (Phi) is 7.87. The second kappa shape index (κ2) is 7.38. The number of halogens is 1. The first kappa shape index (κ1) is 11.7. The van der Waals surface area contributed by atoms with E-state index in [9.17, 15) is 0 Å². The summed E-state index contributed by atoms with van der Waals surface area (Å²) in [7, 11) is 0. The minimum atomic E-state index is 0.919. The first-order valence-corrected chi connectivity index (χ1v) is 6.29. The van der Waals surface area contributed by atoms with E-state index in [-0.39, 0.29) is 0 Å². The maximum Gasteiger partial charge on any atom is 0.00211 e. The van der Waals surface area contributed by atoms with Crippen LogP contribution in [0.1, 0.15) is 46.5 Å². The molecule has 0 bridgehead atoms. The van der Waals surface area contributed by atoms with Crippen LogP contribution in [0.15, 0.2) is 0 Å². The summed E-state index contributed by atoms with van der Waals surface area (Å²) in [5.74, 6) is 1.86. The topological polar surface area (TPSA) is 0 Å². The largest absolute Gasteiger partial charge is 0.0861 e. The zero-order chi connectivity index (χ0) is 8.69. The fourth-order valence-corrected chi connectivity index (χ4v) is 1.78. The summed E-state index contributed by atoms with van der Waals surface area (Å²) in [5.41, 5.74) is 0. The van der Waals surface area contributed by atoms with Crippen molar-refractivity contribution in [2.45, 2.75) is 46.5 Å². The van der Waals surface area contributed by atoms with Crippen molar-refractivity contribution in [1.82, 2.24) is 0 Å². The first-order chi connectivity index (χ1) is 5.20. The van der Waals surface area contributed by atoms with Gasteiger partial charge >= 0.3 is 0 Å². The summed E-state index contributed by atoms with van der Waals surface area (Å²) in [5, 5.41) is 0. The minimum absolute atomic E-state index is 0.919. The molecule has 0 N–H and O–H groups in total. The van der Waals surface area contributed by atoms with Crippen LogP contribution >= 0.6 is 22.6 Å². The van der Waals surface area contributed by atoms with Gasteiger partial charge in [-0.15, -0.1) is 0 Å². The zero-order valence-electron chi connectivity index (χ0n) is 8.07. The molecule has 1 heteroatoms. The highest BCUT2D eigenvalue weighted by molar-refractivity contribution is 14.1. The van der Waals surface area contributed by atoms with Gasteiger partial charge in [-0.3, -0.25) is 0 Å². The van der Waals surface area contributed by atoms with Crippen molar-refractivity contribution in [1.29, 1.82) is 0 Å². The number of hydrogen-bond donors (Lipinski definition) is 0. The van der Waals surface area contributed by atoms with Crippen LogP contribution in [0.25, 0.3) is 0 Å². The van der Waals surface area contributed by atoms with Gasteiger partial charge in [0.05, 0.1) is 0 Å². The summed E-state index contributed by atoms with van der Waals surface area (Å²) in [4.78, 5) is 0. The molecule has 0 aliphatic heterocycles. The van der Waals surface area contributed by atoms with Gasteiger partial charge < -0.3 is 0 Å². The zero-order valence-corrected chi connectivity index (χ0v) is 10.2. The first-order valence-electron chi connectivity index (χ1n) is 4.76. The smallest absolute Gasteiger partial charge is 0.00211 e. The van der Waals surface area contributed by atoms with Crippen LogP contribution < -0.4 is 0 Å². The highest BCUT2D eigenvalue weighted by Crippen LogP contribution is 2.18. The Morgan fingerprint density at radius 3 is 2.27 bits per heavy atom. The van der Waals surface area contributed by atoms with Crippen LogP contribution in [0.4, 0.5) is 0 Å². The summed E-state index contributed by atoms with van der Waals surface area (Å²) in [6.07, 6.45) is 5.61. The van der Waals surface area contributed by atoms with Gasteiger partial charge in [-0.2, -0.15) is 0 Å². The quantitative estimate of drug-likeness (QED) is 0.498. The van der Waals surface area contributed by atoms with E-state index in [1.54, 1.807) is 0 Å². The Hall–Kier alpha value is 0.730. The average molecular weight is 268 g/mol. The van der Waals surface area contributed by atoms with Gasteiger partial charge in [0, 0.05) is 4.43 Å². The summed E-state index contributed by atoms with van der Waals surface area (Å²) < 4.78 is 1.31. The molecule has 0 saturated heterocycles. The van der Waals surface area contributed by atoms with Crippen LogP contribution in [-0.2, 0) is 0 Å². The number of hydrogen-bond acceptors (Lipinski definition) is 0. The molecular weight excluding hydrogens is 247 g/mol. The second-order valence-corrected chi connectivity index (χ2v) is 4.62. The molecule has 68 valence electrons.